The summed E-state index contributed by atoms with van der Waals surface area (Å²) >= 11 is 0. The fraction of sp³-hybridized carbons (Fsp3) is 0.206. The zero-order valence-electron chi connectivity index (χ0n) is 23.4. The van der Waals surface area contributed by atoms with Gasteiger partial charge < -0.3 is 9.47 Å². The molecule has 5 rings (SSSR count). The molecule has 0 bridgehead atoms. The molecule has 0 amide bonds. The van der Waals surface area contributed by atoms with Crippen LogP contribution in [-0.4, -0.2) is 44.3 Å². The second-order valence-corrected chi connectivity index (χ2v) is 10.4. The second kappa shape index (κ2) is 13.1. The maximum absolute atomic E-state index is 12.9. The number of allylic oxidation sites excluding steroid dienone is 1. The molecule has 0 aliphatic carbocycles. The van der Waals surface area contributed by atoms with Crippen molar-refractivity contribution in [3.63, 3.8) is 0 Å². The average Bonchev–Trinajstić information content (AvgIpc) is 2.97. The highest BCUT2D eigenvalue weighted by atomic mass is 16.1. The second-order valence-electron chi connectivity index (χ2n) is 10.4. The number of hydrogen-bond donors (Lipinski definition) is 0. The van der Waals surface area contributed by atoms with Crippen molar-refractivity contribution in [2.24, 2.45) is 0 Å². The molecule has 0 N–H and O–H groups in total. The van der Waals surface area contributed by atoms with Gasteiger partial charge in [-0.15, -0.1) is 0 Å². The van der Waals surface area contributed by atoms with E-state index in [0.717, 1.165) is 34.4 Å². The van der Waals surface area contributed by atoms with E-state index in [4.69, 9.17) is 4.98 Å². The van der Waals surface area contributed by atoms with Crippen molar-refractivity contribution in [1.29, 1.82) is 0 Å². The molecule has 2 aromatic carbocycles. The molecule has 0 atom stereocenters. The quantitative estimate of drug-likeness (QED) is 0.203. The molecule has 7 nitrogen and oxygen atoms in total. The zero-order chi connectivity index (χ0) is 28.6. The average molecular weight is 544 g/mol. The summed E-state index contributed by atoms with van der Waals surface area (Å²) in [6.07, 6.45) is 12.4. The lowest BCUT2D eigenvalue weighted by molar-refractivity contribution is 0.0981. The first kappa shape index (κ1) is 27.8. The number of carbonyl (C=O) groups is 1. The normalized spacial score (nSPS) is 11.5. The highest BCUT2D eigenvalue weighted by Gasteiger charge is 2.12. The molecule has 3 aromatic heterocycles. The van der Waals surface area contributed by atoms with Crippen LogP contribution in [0.5, 0.6) is 0 Å². The van der Waals surface area contributed by atoms with Crippen LogP contribution in [0.1, 0.15) is 51.3 Å². The van der Waals surface area contributed by atoms with Crippen LogP contribution in [0.25, 0.3) is 17.0 Å². The number of benzene rings is 2. The van der Waals surface area contributed by atoms with Crippen molar-refractivity contribution in [1.82, 2.24) is 24.4 Å². The maximum atomic E-state index is 12.9. The van der Waals surface area contributed by atoms with E-state index in [0.29, 0.717) is 19.4 Å². The summed E-state index contributed by atoms with van der Waals surface area (Å²) in [6, 6.07) is 21.7. The predicted molar refractivity (Wildman–Crippen MR) is 163 cm³/mol. The van der Waals surface area contributed by atoms with Gasteiger partial charge in [0.2, 0.25) is 0 Å². The van der Waals surface area contributed by atoms with E-state index in [-0.39, 0.29) is 23.3 Å². The Kier molecular flexibility index (Phi) is 8.86. The minimum Gasteiger partial charge on any atom is -0.310 e. The fourth-order valence-corrected chi connectivity index (χ4v) is 4.72. The summed E-state index contributed by atoms with van der Waals surface area (Å²) in [5.41, 5.74) is 5.22. The molecule has 5 aromatic rings. The molecule has 41 heavy (non-hydrogen) atoms. The lowest BCUT2D eigenvalue weighted by Gasteiger charge is -2.10. The topological polar surface area (TPSA) is 81.0 Å². The summed E-state index contributed by atoms with van der Waals surface area (Å²) in [5.74, 6) is 0.632. The van der Waals surface area contributed by atoms with Crippen molar-refractivity contribution in [2.45, 2.75) is 32.4 Å². The molecule has 0 aliphatic rings. The van der Waals surface area contributed by atoms with Crippen LogP contribution in [0, 0.1) is 0 Å². The van der Waals surface area contributed by atoms with Crippen LogP contribution in [0.4, 0.5) is 0 Å². The first-order valence-corrected chi connectivity index (χ1v) is 13.7. The van der Waals surface area contributed by atoms with E-state index in [1.54, 1.807) is 35.3 Å². The number of fused-ring (bicyclic) bond motifs is 1. The number of hydrogen-bond acceptors (Lipinski definition) is 6. The van der Waals surface area contributed by atoms with Gasteiger partial charge in [0.1, 0.15) is 5.82 Å². The van der Waals surface area contributed by atoms with Crippen LogP contribution in [-0.2, 0) is 19.5 Å². The van der Waals surface area contributed by atoms with Gasteiger partial charge in [-0.05, 0) is 73.1 Å². The molecule has 7 heteroatoms. The Balaban J connectivity index is 1.17. The van der Waals surface area contributed by atoms with E-state index in [1.165, 1.54) is 11.1 Å². The Morgan fingerprint density at radius 2 is 1.78 bits per heavy atom. The molecule has 0 spiro atoms. The summed E-state index contributed by atoms with van der Waals surface area (Å²) in [5, 5.41) is 0.965. The Bertz CT molecular complexity index is 1720. The third-order valence-corrected chi connectivity index (χ3v) is 6.78. The van der Waals surface area contributed by atoms with Crippen LogP contribution < -0.4 is 5.56 Å². The van der Waals surface area contributed by atoms with E-state index in [2.05, 4.69) is 53.2 Å². The largest absolute Gasteiger partial charge is 0.310 e. The highest BCUT2D eigenvalue weighted by Crippen LogP contribution is 2.17. The number of nitrogens with zero attached hydrogens (tertiary/aromatic N) is 5. The summed E-state index contributed by atoms with van der Waals surface area (Å²) in [4.78, 5) is 41.2. The van der Waals surface area contributed by atoms with Crippen LogP contribution in [0.2, 0.25) is 0 Å². The van der Waals surface area contributed by atoms with E-state index >= 15 is 0 Å². The smallest absolute Gasteiger partial charge is 0.261 e. The lowest BCUT2D eigenvalue weighted by atomic mass is 10.1. The molecule has 0 aliphatic heterocycles. The Morgan fingerprint density at radius 3 is 2.56 bits per heavy atom. The summed E-state index contributed by atoms with van der Waals surface area (Å²) < 4.78 is 1.55. The van der Waals surface area contributed by atoms with Gasteiger partial charge in [0.25, 0.3) is 5.56 Å². The van der Waals surface area contributed by atoms with Crippen molar-refractivity contribution in [3.8, 4) is 0 Å². The molecule has 0 radical (unpaired) electrons. The molecule has 0 fully saturated rings. The SMILES string of the molecule is CN(C)Cc1ccc(Cc2ncc3cc(/C=C/CCC(=O)c4cccn(Cc5cccnc5)c4=O)ccc3n2)cc1. The Morgan fingerprint density at radius 1 is 0.951 bits per heavy atom. The van der Waals surface area contributed by atoms with Crippen molar-refractivity contribution < 1.29 is 4.79 Å². The van der Waals surface area contributed by atoms with Gasteiger partial charge in [-0.2, -0.15) is 0 Å². The predicted octanol–water partition coefficient (Wildman–Crippen LogP) is 5.56. The van der Waals surface area contributed by atoms with E-state index in [1.807, 2.05) is 48.7 Å². The molecule has 0 unspecified atom stereocenters. The van der Waals surface area contributed by atoms with E-state index in [9.17, 15) is 9.59 Å². The minimum atomic E-state index is -0.277. The first-order valence-electron chi connectivity index (χ1n) is 13.7. The van der Waals surface area contributed by atoms with Crippen LogP contribution >= 0.6 is 0 Å². The monoisotopic (exact) mass is 543 g/mol. The minimum absolute atomic E-state index is 0.160. The molecule has 0 saturated heterocycles. The number of Topliss-reactive ketones (excluding diaryl/α,β-unsaturated/α-hetero) is 1. The summed E-state index contributed by atoms with van der Waals surface area (Å²) in [7, 11) is 4.13. The van der Waals surface area contributed by atoms with Crippen LogP contribution in [0.15, 0.2) is 102 Å². The van der Waals surface area contributed by atoms with Crippen molar-refractivity contribution >= 4 is 22.8 Å². The summed E-state index contributed by atoms with van der Waals surface area (Å²) in [6.45, 7) is 1.30. The first-order chi connectivity index (χ1) is 19.9. The number of ketones is 1. The van der Waals surface area contributed by atoms with Gasteiger partial charge in [-0.25, -0.2) is 9.97 Å². The van der Waals surface area contributed by atoms with Gasteiger partial charge in [-0.3, -0.25) is 14.6 Å². The van der Waals surface area contributed by atoms with Gasteiger partial charge >= 0.3 is 0 Å². The van der Waals surface area contributed by atoms with Gasteiger partial charge in [0, 0.05) is 49.6 Å². The number of carbonyl (C=O) groups excluding carboxylic acids is 1. The van der Waals surface area contributed by atoms with Gasteiger partial charge in [0.15, 0.2) is 5.78 Å². The van der Waals surface area contributed by atoms with Crippen molar-refractivity contribution in [3.05, 3.63) is 142 Å². The number of aromatic nitrogens is 4. The molecule has 206 valence electrons. The standard InChI is InChI=1S/C34H33N5O2/c1-38(2)23-27-13-11-26(12-14-27)20-33-36-22-29-19-25(15-16-31(29)37-33)7-3-4-10-32(40)30-9-6-18-39(34(30)41)24-28-8-5-17-35-21-28/h3,5-9,11-19,21-22H,4,10,20,23-24H2,1-2H3/b7-3+. The third-order valence-electron chi connectivity index (χ3n) is 6.78. The Hall–Kier alpha value is -4.75. The number of rotatable bonds is 11. The zero-order valence-corrected chi connectivity index (χ0v) is 23.4. The van der Waals surface area contributed by atoms with Gasteiger partial charge in [0.05, 0.1) is 17.6 Å². The van der Waals surface area contributed by atoms with Gasteiger partial charge in [-0.1, -0.05) is 48.6 Å². The Labute approximate surface area is 239 Å². The maximum Gasteiger partial charge on any atom is 0.261 e. The molecular weight excluding hydrogens is 510 g/mol. The fourth-order valence-electron chi connectivity index (χ4n) is 4.72. The van der Waals surface area contributed by atoms with Crippen molar-refractivity contribution in [2.75, 3.05) is 14.1 Å². The van der Waals surface area contributed by atoms with E-state index < -0.39 is 0 Å². The highest BCUT2D eigenvalue weighted by molar-refractivity contribution is 5.95. The molecule has 3 heterocycles. The molecular formula is C34H33N5O2. The number of pyridine rings is 2. The third kappa shape index (κ3) is 7.47. The lowest BCUT2D eigenvalue weighted by Crippen LogP contribution is -2.26. The molecule has 0 saturated carbocycles. The van der Waals surface area contributed by atoms with Crippen LogP contribution in [0.3, 0.4) is 0 Å².